The normalized spacial score (nSPS) is 11.1. The molecule has 3 aromatic carbocycles. The van der Waals surface area contributed by atoms with Gasteiger partial charge < -0.3 is 13.9 Å². The van der Waals surface area contributed by atoms with E-state index in [4.69, 9.17) is 14.5 Å². The quantitative estimate of drug-likeness (QED) is 0.380. The second-order valence-corrected chi connectivity index (χ2v) is 7.24. The summed E-state index contributed by atoms with van der Waals surface area (Å²) in [4.78, 5) is 5.10. The zero-order valence-electron chi connectivity index (χ0n) is 17.0. The predicted molar refractivity (Wildman–Crippen MR) is 120 cm³/mol. The molecular formula is C26H22N2O2. The van der Waals surface area contributed by atoms with E-state index < -0.39 is 0 Å². The highest BCUT2D eigenvalue weighted by Gasteiger charge is 2.18. The number of methoxy groups -OCH3 is 2. The van der Waals surface area contributed by atoms with Crippen molar-refractivity contribution in [2.24, 2.45) is 0 Å². The van der Waals surface area contributed by atoms with Crippen LogP contribution < -0.4 is 9.47 Å². The Hall–Kier alpha value is -3.79. The van der Waals surface area contributed by atoms with Gasteiger partial charge in [-0.1, -0.05) is 54.6 Å². The van der Waals surface area contributed by atoms with Crippen LogP contribution in [0.4, 0.5) is 0 Å². The molecule has 30 heavy (non-hydrogen) atoms. The number of ether oxygens (including phenoxy) is 2. The molecule has 5 rings (SSSR count). The first-order valence-corrected chi connectivity index (χ1v) is 9.93. The van der Waals surface area contributed by atoms with E-state index >= 15 is 0 Å². The molecule has 0 unspecified atom stereocenters. The molecule has 0 spiro atoms. The molecule has 0 saturated carbocycles. The molecule has 148 valence electrons. The van der Waals surface area contributed by atoms with Crippen LogP contribution in [-0.2, 0) is 6.42 Å². The topological polar surface area (TPSA) is 35.8 Å². The summed E-state index contributed by atoms with van der Waals surface area (Å²) in [5.74, 6) is 1.41. The van der Waals surface area contributed by atoms with Gasteiger partial charge in [-0.05, 0) is 35.2 Å². The first-order chi connectivity index (χ1) is 14.8. The Balaban J connectivity index is 1.77. The number of fused-ring (bicyclic) bond motifs is 3. The average molecular weight is 394 g/mol. The predicted octanol–water partition coefficient (Wildman–Crippen LogP) is 5.76. The lowest BCUT2D eigenvalue weighted by atomic mass is 10.0. The molecule has 0 radical (unpaired) electrons. The van der Waals surface area contributed by atoms with E-state index in [1.165, 1.54) is 10.9 Å². The van der Waals surface area contributed by atoms with Crippen molar-refractivity contribution in [2.45, 2.75) is 6.42 Å². The molecule has 4 nitrogen and oxygen atoms in total. The van der Waals surface area contributed by atoms with Crippen LogP contribution in [0.2, 0.25) is 0 Å². The number of aromatic nitrogens is 2. The summed E-state index contributed by atoms with van der Waals surface area (Å²) in [5.41, 5.74) is 5.31. The lowest BCUT2D eigenvalue weighted by Crippen LogP contribution is -1.97. The zero-order chi connectivity index (χ0) is 20.5. The molecule has 0 bridgehead atoms. The van der Waals surface area contributed by atoms with Gasteiger partial charge in [-0.2, -0.15) is 0 Å². The molecule has 0 aliphatic carbocycles. The second kappa shape index (κ2) is 7.56. The van der Waals surface area contributed by atoms with Gasteiger partial charge in [0.05, 0.1) is 25.6 Å². The summed E-state index contributed by atoms with van der Waals surface area (Å²) < 4.78 is 13.2. The SMILES string of the molecule is COc1ccc(-c2nc3c4ccccc4ccn3c2Cc2ccccc2)cc1OC. The van der Waals surface area contributed by atoms with Gasteiger partial charge in [0.15, 0.2) is 11.5 Å². The number of benzene rings is 3. The van der Waals surface area contributed by atoms with E-state index in [2.05, 4.69) is 65.2 Å². The van der Waals surface area contributed by atoms with Crippen LogP contribution in [0.3, 0.4) is 0 Å². The van der Waals surface area contributed by atoms with Gasteiger partial charge in [0.25, 0.3) is 0 Å². The zero-order valence-corrected chi connectivity index (χ0v) is 17.0. The van der Waals surface area contributed by atoms with Gasteiger partial charge in [0.1, 0.15) is 5.65 Å². The van der Waals surface area contributed by atoms with Crippen LogP contribution >= 0.6 is 0 Å². The van der Waals surface area contributed by atoms with Gasteiger partial charge >= 0.3 is 0 Å². The molecule has 4 heteroatoms. The number of imidazole rings is 1. The molecular weight excluding hydrogens is 372 g/mol. The fourth-order valence-electron chi connectivity index (χ4n) is 3.99. The molecule has 0 amide bonds. The molecule has 2 aromatic heterocycles. The minimum Gasteiger partial charge on any atom is -0.493 e. The van der Waals surface area contributed by atoms with Crippen LogP contribution in [0, 0.1) is 0 Å². The monoisotopic (exact) mass is 394 g/mol. The van der Waals surface area contributed by atoms with Gasteiger partial charge in [-0.15, -0.1) is 0 Å². The van der Waals surface area contributed by atoms with Gasteiger partial charge in [-0.3, -0.25) is 0 Å². The van der Waals surface area contributed by atoms with Crippen molar-refractivity contribution in [3.05, 3.63) is 96.3 Å². The summed E-state index contributed by atoms with van der Waals surface area (Å²) in [5, 5.41) is 2.32. The Morgan fingerprint density at radius 2 is 1.57 bits per heavy atom. The molecule has 0 saturated heterocycles. The lowest BCUT2D eigenvalue weighted by Gasteiger charge is -2.10. The van der Waals surface area contributed by atoms with Crippen molar-refractivity contribution >= 4 is 16.4 Å². The molecule has 0 aliphatic rings. The average Bonchev–Trinajstić information content (AvgIpc) is 3.18. The van der Waals surface area contributed by atoms with Crippen molar-refractivity contribution in [1.29, 1.82) is 0 Å². The number of hydrogen-bond acceptors (Lipinski definition) is 3. The van der Waals surface area contributed by atoms with E-state index in [1.54, 1.807) is 14.2 Å². The minimum atomic E-state index is 0.697. The Morgan fingerprint density at radius 3 is 2.37 bits per heavy atom. The lowest BCUT2D eigenvalue weighted by molar-refractivity contribution is 0.355. The Bertz CT molecular complexity index is 1340. The third-order valence-corrected chi connectivity index (χ3v) is 5.49. The highest BCUT2D eigenvalue weighted by molar-refractivity contribution is 5.95. The Morgan fingerprint density at radius 1 is 0.800 bits per heavy atom. The van der Waals surface area contributed by atoms with Gasteiger partial charge in [0, 0.05) is 23.6 Å². The van der Waals surface area contributed by atoms with Crippen molar-refractivity contribution < 1.29 is 9.47 Å². The van der Waals surface area contributed by atoms with Crippen LogP contribution in [0.1, 0.15) is 11.3 Å². The van der Waals surface area contributed by atoms with E-state index in [9.17, 15) is 0 Å². The van der Waals surface area contributed by atoms with Crippen molar-refractivity contribution in [3.63, 3.8) is 0 Å². The first-order valence-electron chi connectivity index (χ1n) is 9.93. The van der Waals surface area contributed by atoms with Crippen molar-refractivity contribution in [3.8, 4) is 22.8 Å². The number of hydrogen-bond donors (Lipinski definition) is 0. The van der Waals surface area contributed by atoms with Crippen molar-refractivity contribution in [2.75, 3.05) is 14.2 Å². The third kappa shape index (κ3) is 3.07. The maximum atomic E-state index is 5.54. The summed E-state index contributed by atoms with van der Waals surface area (Å²) in [7, 11) is 3.30. The molecule has 2 heterocycles. The summed E-state index contributed by atoms with van der Waals surface area (Å²) >= 11 is 0. The molecule has 0 fully saturated rings. The Labute approximate surface area is 175 Å². The maximum Gasteiger partial charge on any atom is 0.161 e. The number of rotatable bonds is 5. The summed E-state index contributed by atoms with van der Waals surface area (Å²) in [6.45, 7) is 0. The fourth-order valence-corrected chi connectivity index (χ4v) is 3.99. The molecule has 0 atom stereocenters. The standard InChI is InChI=1S/C26H22N2O2/c1-29-23-13-12-20(17-24(23)30-2)25-22(16-18-8-4-3-5-9-18)28-15-14-19-10-6-7-11-21(19)26(28)27-25/h3-15,17H,16H2,1-2H3. The minimum absolute atomic E-state index is 0.697. The molecule has 0 N–H and O–H groups in total. The summed E-state index contributed by atoms with van der Waals surface area (Å²) in [6.07, 6.45) is 2.90. The van der Waals surface area contributed by atoms with Crippen molar-refractivity contribution in [1.82, 2.24) is 9.38 Å². The second-order valence-electron chi connectivity index (χ2n) is 7.24. The van der Waals surface area contributed by atoms with Crippen LogP contribution in [0.25, 0.3) is 27.7 Å². The van der Waals surface area contributed by atoms with Gasteiger partial charge in [-0.25, -0.2) is 4.98 Å². The highest BCUT2D eigenvalue weighted by Crippen LogP contribution is 2.35. The summed E-state index contributed by atoms with van der Waals surface area (Å²) in [6, 6.07) is 27.0. The van der Waals surface area contributed by atoms with Crippen LogP contribution in [-0.4, -0.2) is 23.6 Å². The number of nitrogens with zero attached hydrogens (tertiary/aromatic N) is 2. The van der Waals surface area contributed by atoms with E-state index in [-0.39, 0.29) is 0 Å². The molecule has 5 aromatic rings. The third-order valence-electron chi connectivity index (χ3n) is 5.49. The van der Waals surface area contributed by atoms with Crippen LogP contribution in [0.5, 0.6) is 11.5 Å². The highest BCUT2D eigenvalue weighted by atomic mass is 16.5. The first kappa shape index (κ1) is 18.3. The fraction of sp³-hybridized carbons (Fsp3) is 0.115. The van der Waals surface area contributed by atoms with Gasteiger partial charge in [0.2, 0.25) is 0 Å². The number of pyridine rings is 1. The smallest absolute Gasteiger partial charge is 0.161 e. The largest absolute Gasteiger partial charge is 0.493 e. The maximum absolute atomic E-state index is 5.54. The van der Waals surface area contributed by atoms with E-state index in [1.807, 2.05) is 24.3 Å². The van der Waals surface area contributed by atoms with E-state index in [0.29, 0.717) is 11.5 Å². The van der Waals surface area contributed by atoms with Crippen LogP contribution in [0.15, 0.2) is 85.1 Å². The Kier molecular flexibility index (Phi) is 4.60. The molecule has 0 aliphatic heterocycles. The van der Waals surface area contributed by atoms with E-state index in [0.717, 1.165) is 34.4 Å².